The smallest absolute Gasteiger partial charge is 0.328 e. The van der Waals surface area contributed by atoms with Crippen LogP contribution in [0.3, 0.4) is 0 Å². The van der Waals surface area contributed by atoms with Crippen molar-refractivity contribution in [3.8, 4) is 11.5 Å². The topological polar surface area (TPSA) is 102 Å². The van der Waals surface area contributed by atoms with Gasteiger partial charge in [-0.15, -0.1) is 0 Å². The third-order valence-electron chi connectivity index (χ3n) is 4.91. The lowest BCUT2D eigenvalue weighted by molar-refractivity contribution is 0.102. The van der Waals surface area contributed by atoms with E-state index in [0.29, 0.717) is 22.7 Å². The number of H-pyrrole nitrogens is 1. The Morgan fingerprint density at radius 3 is 2.70 bits per heavy atom. The first kappa shape index (κ1) is 19.5. The molecule has 1 aromatic heterocycles. The SMILES string of the molecule is CC(C)c1ccccc1NC(=O)c1c[nH]c(=O)n(Cc2ccc3c(c2)OCO3)c1=O. The van der Waals surface area contributed by atoms with Gasteiger partial charge in [0.15, 0.2) is 11.5 Å². The van der Waals surface area contributed by atoms with Crippen LogP contribution >= 0.6 is 0 Å². The van der Waals surface area contributed by atoms with E-state index in [1.54, 1.807) is 24.3 Å². The van der Waals surface area contributed by atoms with Crippen LogP contribution in [0.4, 0.5) is 5.69 Å². The number of carbonyl (C=O) groups is 1. The monoisotopic (exact) mass is 407 g/mol. The number of nitrogens with one attached hydrogen (secondary N) is 2. The Morgan fingerprint density at radius 1 is 1.13 bits per heavy atom. The van der Waals surface area contributed by atoms with E-state index in [4.69, 9.17) is 9.47 Å². The van der Waals surface area contributed by atoms with Crippen molar-refractivity contribution in [2.45, 2.75) is 26.3 Å². The van der Waals surface area contributed by atoms with Crippen molar-refractivity contribution in [2.24, 2.45) is 0 Å². The first-order valence-electron chi connectivity index (χ1n) is 9.55. The molecule has 30 heavy (non-hydrogen) atoms. The summed E-state index contributed by atoms with van der Waals surface area (Å²) >= 11 is 0. The second-order valence-corrected chi connectivity index (χ2v) is 7.28. The van der Waals surface area contributed by atoms with E-state index < -0.39 is 17.2 Å². The molecule has 8 heteroatoms. The summed E-state index contributed by atoms with van der Waals surface area (Å²) in [6, 6.07) is 12.6. The maximum absolute atomic E-state index is 12.9. The van der Waals surface area contributed by atoms with Gasteiger partial charge in [-0.25, -0.2) is 4.79 Å². The van der Waals surface area contributed by atoms with Crippen LogP contribution in [0.15, 0.2) is 58.3 Å². The molecule has 0 atom stereocenters. The molecule has 2 aromatic carbocycles. The fourth-order valence-electron chi connectivity index (χ4n) is 3.34. The highest BCUT2D eigenvalue weighted by Crippen LogP contribution is 2.32. The fraction of sp³-hybridized carbons (Fsp3) is 0.227. The summed E-state index contributed by atoms with van der Waals surface area (Å²) < 4.78 is 11.6. The average Bonchev–Trinajstić information content (AvgIpc) is 3.19. The number of amides is 1. The Balaban J connectivity index is 1.64. The van der Waals surface area contributed by atoms with Crippen molar-refractivity contribution < 1.29 is 14.3 Å². The number of benzene rings is 2. The molecular weight excluding hydrogens is 386 g/mol. The summed E-state index contributed by atoms with van der Waals surface area (Å²) in [7, 11) is 0. The van der Waals surface area contributed by atoms with Gasteiger partial charge in [0.25, 0.3) is 11.5 Å². The van der Waals surface area contributed by atoms with Crippen LogP contribution in [-0.2, 0) is 6.54 Å². The minimum absolute atomic E-state index is 0.00545. The Bertz CT molecular complexity index is 1230. The van der Waals surface area contributed by atoms with Crippen molar-refractivity contribution in [2.75, 3.05) is 12.1 Å². The molecule has 8 nitrogen and oxygen atoms in total. The lowest BCUT2D eigenvalue weighted by Crippen LogP contribution is -2.39. The van der Waals surface area contributed by atoms with E-state index >= 15 is 0 Å². The molecule has 0 saturated heterocycles. The number of para-hydroxylation sites is 1. The molecule has 2 heterocycles. The highest BCUT2D eigenvalue weighted by Gasteiger charge is 2.18. The van der Waals surface area contributed by atoms with E-state index in [9.17, 15) is 14.4 Å². The van der Waals surface area contributed by atoms with E-state index in [1.165, 1.54) is 0 Å². The predicted octanol–water partition coefficient (Wildman–Crippen LogP) is 2.69. The highest BCUT2D eigenvalue weighted by molar-refractivity contribution is 6.04. The van der Waals surface area contributed by atoms with Crippen LogP contribution in [0.2, 0.25) is 0 Å². The van der Waals surface area contributed by atoms with Crippen LogP contribution < -0.4 is 26.0 Å². The zero-order valence-corrected chi connectivity index (χ0v) is 16.6. The Labute approximate surface area is 172 Å². The van der Waals surface area contributed by atoms with Gasteiger partial charge in [0.1, 0.15) is 5.56 Å². The summed E-state index contributed by atoms with van der Waals surface area (Å²) in [6.45, 7) is 4.16. The normalized spacial score (nSPS) is 12.2. The maximum Gasteiger partial charge on any atom is 0.328 e. The summed E-state index contributed by atoms with van der Waals surface area (Å²) in [5, 5.41) is 2.78. The minimum atomic E-state index is -0.670. The molecule has 3 aromatic rings. The van der Waals surface area contributed by atoms with Gasteiger partial charge in [-0.2, -0.15) is 0 Å². The molecule has 1 amide bonds. The van der Waals surface area contributed by atoms with E-state index in [0.717, 1.165) is 16.3 Å². The van der Waals surface area contributed by atoms with Gasteiger partial charge >= 0.3 is 5.69 Å². The first-order valence-corrected chi connectivity index (χ1v) is 9.55. The van der Waals surface area contributed by atoms with Crippen molar-refractivity contribution in [1.29, 1.82) is 0 Å². The van der Waals surface area contributed by atoms with Crippen molar-refractivity contribution >= 4 is 11.6 Å². The van der Waals surface area contributed by atoms with Gasteiger partial charge in [-0.3, -0.25) is 14.2 Å². The standard InChI is InChI=1S/C22H21N3O5/c1-13(2)15-5-3-4-6-17(15)24-20(26)16-10-23-22(28)25(21(16)27)11-14-7-8-18-19(9-14)30-12-29-18/h3-10,13H,11-12H2,1-2H3,(H,23,28)(H,24,26). The number of rotatable bonds is 5. The minimum Gasteiger partial charge on any atom is -0.454 e. The number of fused-ring (bicyclic) bond motifs is 1. The van der Waals surface area contributed by atoms with Crippen molar-refractivity contribution in [3.05, 3.63) is 86.2 Å². The average molecular weight is 407 g/mol. The molecular formula is C22H21N3O5. The van der Waals surface area contributed by atoms with Crippen molar-refractivity contribution in [3.63, 3.8) is 0 Å². The van der Waals surface area contributed by atoms with E-state index in [1.807, 2.05) is 32.0 Å². The lowest BCUT2D eigenvalue weighted by Gasteiger charge is -2.14. The third kappa shape index (κ3) is 3.71. The number of carbonyl (C=O) groups excluding carboxylic acids is 1. The Hall–Kier alpha value is -3.81. The number of anilines is 1. The maximum atomic E-state index is 12.9. The quantitative estimate of drug-likeness (QED) is 0.677. The van der Waals surface area contributed by atoms with Crippen LogP contribution in [0.5, 0.6) is 11.5 Å². The van der Waals surface area contributed by atoms with Gasteiger partial charge in [0.2, 0.25) is 6.79 Å². The largest absolute Gasteiger partial charge is 0.454 e. The number of nitrogens with zero attached hydrogens (tertiary/aromatic N) is 1. The van der Waals surface area contributed by atoms with Gasteiger partial charge in [-0.1, -0.05) is 38.1 Å². The molecule has 0 unspecified atom stereocenters. The molecule has 1 aliphatic heterocycles. The molecule has 0 fully saturated rings. The molecule has 0 bridgehead atoms. The Kier molecular flexibility index (Phi) is 5.14. The van der Waals surface area contributed by atoms with Gasteiger partial charge in [0, 0.05) is 11.9 Å². The number of ether oxygens (including phenoxy) is 2. The van der Waals surface area contributed by atoms with Crippen molar-refractivity contribution in [1.82, 2.24) is 9.55 Å². The third-order valence-corrected chi connectivity index (χ3v) is 4.91. The van der Waals surface area contributed by atoms with Crippen LogP contribution in [-0.4, -0.2) is 22.3 Å². The van der Waals surface area contributed by atoms with Gasteiger partial charge in [0.05, 0.1) is 6.54 Å². The van der Waals surface area contributed by atoms with Gasteiger partial charge < -0.3 is 19.8 Å². The fourth-order valence-corrected chi connectivity index (χ4v) is 3.34. The Morgan fingerprint density at radius 2 is 1.90 bits per heavy atom. The summed E-state index contributed by atoms with van der Waals surface area (Å²) in [5.41, 5.74) is 0.845. The van der Waals surface area contributed by atoms with Gasteiger partial charge in [-0.05, 0) is 35.2 Å². The second-order valence-electron chi connectivity index (χ2n) is 7.28. The molecule has 0 aliphatic carbocycles. The summed E-state index contributed by atoms with van der Waals surface area (Å²) in [5.74, 6) is 0.775. The zero-order valence-electron chi connectivity index (χ0n) is 16.6. The lowest BCUT2D eigenvalue weighted by atomic mass is 10.0. The van der Waals surface area contributed by atoms with E-state index in [-0.39, 0.29) is 24.8 Å². The molecule has 0 radical (unpaired) electrons. The number of hydrogen-bond donors (Lipinski definition) is 2. The first-order chi connectivity index (χ1) is 14.4. The molecule has 154 valence electrons. The van der Waals surface area contributed by atoms with Crippen LogP contribution in [0, 0.1) is 0 Å². The summed E-state index contributed by atoms with van der Waals surface area (Å²) in [6.07, 6.45) is 1.15. The second kappa shape index (κ2) is 7.90. The highest BCUT2D eigenvalue weighted by atomic mass is 16.7. The predicted molar refractivity (Wildman–Crippen MR) is 111 cm³/mol. The molecule has 0 spiro atoms. The molecule has 0 saturated carbocycles. The molecule has 1 aliphatic rings. The number of aromatic nitrogens is 2. The van der Waals surface area contributed by atoms with Crippen LogP contribution in [0.25, 0.3) is 0 Å². The molecule has 2 N–H and O–H groups in total. The number of hydrogen-bond acceptors (Lipinski definition) is 5. The number of aromatic amines is 1. The zero-order chi connectivity index (χ0) is 21.3. The molecule has 4 rings (SSSR count). The van der Waals surface area contributed by atoms with Crippen LogP contribution in [0.1, 0.15) is 41.3 Å². The van der Waals surface area contributed by atoms with E-state index in [2.05, 4.69) is 10.3 Å². The summed E-state index contributed by atoms with van der Waals surface area (Å²) in [4.78, 5) is 40.5.